The minimum absolute atomic E-state index is 0.346. The summed E-state index contributed by atoms with van der Waals surface area (Å²) in [6.07, 6.45) is 3.14. The van der Waals surface area contributed by atoms with E-state index in [1.807, 2.05) is 0 Å². The summed E-state index contributed by atoms with van der Waals surface area (Å²) in [6, 6.07) is 0. The van der Waals surface area contributed by atoms with Crippen molar-refractivity contribution in [3.8, 4) is 0 Å². The average Bonchev–Trinajstić information content (AvgIpc) is 2.68. The Bertz CT molecular complexity index is 341. The third-order valence-electron chi connectivity index (χ3n) is 3.94. The van der Waals surface area contributed by atoms with Crippen LogP contribution in [0.15, 0.2) is 0 Å². The molecule has 0 aromatic heterocycles. The molecule has 0 bridgehead atoms. The summed E-state index contributed by atoms with van der Waals surface area (Å²) in [5.41, 5.74) is 0. The lowest BCUT2D eigenvalue weighted by Crippen LogP contribution is -2.31. The number of nitrogens with one attached hydrogen (secondary N) is 1. The molecule has 5 heteroatoms. The van der Waals surface area contributed by atoms with E-state index in [1.165, 1.54) is 6.42 Å². The van der Waals surface area contributed by atoms with Crippen molar-refractivity contribution in [2.24, 2.45) is 17.8 Å². The fourth-order valence-corrected chi connectivity index (χ4v) is 4.63. The summed E-state index contributed by atoms with van der Waals surface area (Å²) in [5.74, 6) is 2.28. The van der Waals surface area contributed by atoms with Gasteiger partial charge in [0.2, 0.25) is 0 Å². The summed E-state index contributed by atoms with van der Waals surface area (Å²) < 4.78 is 28.3. The monoisotopic (exact) mass is 291 g/mol. The SMILES string of the molecule is COCCNCC(CCC(C)C)C1CCS(=O)(=O)C1. The zero-order valence-corrected chi connectivity index (χ0v) is 13.3. The molecule has 0 aromatic rings. The quantitative estimate of drug-likeness (QED) is 0.657. The molecular formula is C14H29NO3S. The van der Waals surface area contributed by atoms with E-state index in [9.17, 15) is 8.42 Å². The Morgan fingerprint density at radius 1 is 1.32 bits per heavy atom. The molecule has 0 amide bonds. The third-order valence-corrected chi connectivity index (χ3v) is 5.73. The van der Waals surface area contributed by atoms with Gasteiger partial charge in [-0.2, -0.15) is 0 Å². The first-order chi connectivity index (χ1) is 8.94. The molecule has 2 unspecified atom stereocenters. The van der Waals surface area contributed by atoms with Gasteiger partial charge >= 0.3 is 0 Å². The van der Waals surface area contributed by atoms with E-state index in [-0.39, 0.29) is 0 Å². The molecule has 2 atom stereocenters. The molecule has 1 saturated heterocycles. The van der Waals surface area contributed by atoms with Crippen molar-refractivity contribution < 1.29 is 13.2 Å². The van der Waals surface area contributed by atoms with Crippen LogP contribution in [0, 0.1) is 17.8 Å². The Labute approximate surface area is 118 Å². The highest BCUT2D eigenvalue weighted by atomic mass is 32.2. The van der Waals surface area contributed by atoms with Crippen LogP contribution in [0.3, 0.4) is 0 Å². The summed E-state index contributed by atoms with van der Waals surface area (Å²) in [6.45, 7) is 6.91. The molecule has 4 nitrogen and oxygen atoms in total. The molecule has 0 aromatic carbocycles. The van der Waals surface area contributed by atoms with Crippen LogP contribution in [-0.4, -0.2) is 46.7 Å². The van der Waals surface area contributed by atoms with E-state index in [4.69, 9.17) is 4.74 Å². The van der Waals surface area contributed by atoms with Gasteiger partial charge in [0.15, 0.2) is 9.84 Å². The summed E-state index contributed by atoms with van der Waals surface area (Å²) >= 11 is 0. The predicted octanol–water partition coefficient (Wildman–Crippen LogP) is 1.71. The van der Waals surface area contributed by atoms with E-state index in [0.717, 1.165) is 25.9 Å². The van der Waals surface area contributed by atoms with Crippen molar-refractivity contribution in [1.82, 2.24) is 5.32 Å². The Kier molecular flexibility index (Phi) is 7.32. The predicted molar refractivity (Wildman–Crippen MR) is 79.1 cm³/mol. The van der Waals surface area contributed by atoms with Crippen molar-refractivity contribution in [3.05, 3.63) is 0 Å². The third kappa shape index (κ3) is 6.72. The van der Waals surface area contributed by atoms with Crippen molar-refractivity contribution in [1.29, 1.82) is 0 Å². The van der Waals surface area contributed by atoms with Gasteiger partial charge in [0.25, 0.3) is 0 Å². The lowest BCUT2D eigenvalue weighted by atomic mass is 9.86. The van der Waals surface area contributed by atoms with Gasteiger partial charge in [-0.25, -0.2) is 8.42 Å². The van der Waals surface area contributed by atoms with Crippen LogP contribution in [-0.2, 0) is 14.6 Å². The molecule has 114 valence electrons. The number of hydrogen-bond acceptors (Lipinski definition) is 4. The Balaban J connectivity index is 2.44. The van der Waals surface area contributed by atoms with Crippen LogP contribution in [0.25, 0.3) is 0 Å². The highest BCUT2D eigenvalue weighted by Crippen LogP contribution is 2.29. The molecule has 0 spiro atoms. The van der Waals surface area contributed by atoms with E-state index < -0.39 is 9.84 Å². The summed E-state index contributed by atoms with van der Waals surface area (Å²) in [4.78, 5) is 0. The molecule has 1 aliphatic rings. The maximum absolute atomic E-state index is 11.6. The van der Waals surface area contributed by atoms with Gasteiger partial charge in [-0.15, -0.1) is 0 Å². The van der Waals surface area contributed by atoms with Gasteiger partial charge in [0.05, 0.1) is 18.1 Å². The van der Waals surface area contributed by atoms with Crippen molar-refractivity contribution >= 4 is 9.84 Å². The Morgan fingerprint density at radius 3 is 2.58 bits per heavy atom. The minimum Gasteiger partial charge on any atom is -0.383 e. The topological polar surface area (TPSA) is 55.4 Å². The molecule has 0 aliphatic carbocycles. The number of rotatable bonds is 9. The Morgan fingerprint density at radius 2 is 2.05 bits per heavy atom. The number of hydrogen-bond donors (Lipinski definition) is 1. The van der Waals surface area contributed by atoms with Crippen LogP contribution in [0.2, 0.25) is 0 Å². The zero-order chi connectivity index (χ0) is 14.3. The van der Waals surface area contributed by atoms with Gasteiger partial charge < -0.3 is 10.1 Å². The van der Waals surface area contributed by atoms with Gasteiger partial charge in [-0.3, -0.25) is 0 Å². The van der Waals surface area contributed by atoms with Crippen LogP contribution in [0.5, 0.6) is 0 Å². The first-order valence-electron chi connectivity index (χ1n) is 7.34. The van der Waals surface area contributed by atoms with Crippen molar-refractivity contribution in [2.75, 3.05) is 38.3 Å². The minimum atomic E-state index is -2.77. The van der Waals surface area contributed by atoms with E-state index in [2.05, 4.69) is 19.2 Å². The maximum Gasteiger partial charge on any atom is 0.150 e. The molecule has 19 heavy (non-hydrogen) atoms. The number of ether oxygens (including phenoxy) is 1. The number of methoxy groups -OCH3 is 1. The zero-order valence-electron chi connectivity index (χ0n) is 12.5. The number of sulfone groups is 1. The van der Waals surface area contributed by atoms with Crippen molar-refractivity contribution in [3.63, 3.8) is 0 Å². The van der Waals surface area contributed by atoms with Gasteiger partial charge in [0, 0.05) is 13.7 Å². The molecule has 0 radical (unpaired) electrons. The summed E-state index contributed by atoms with van der Waals surface area (Å²) in [5, 5.41) is 3.39. The van der Waals surface area contributed by atoms with Gasteiger partial charge in [-0.05, 0) is 37.1 Å². The van der Waals surface area contributed by atoms with E-state index in [0.29, 0.717) is 35.9 Å². The van der Waals surface area contributed by atoms with Crippen LogP contribution >= 0.6 is 0 Å². The maximum atomic E-state index is 11.6. The van der Waals surface area contributed by atoms with Gasteiger partial charge in [0.1, 0.15) is 0 Å². The average molecular weight is 291 g/mol. The van der Waals surface area contributed by atoms with E-state index >= 15 is 0 Å². The first kappa shape index (κ1) is 16.9. The fraction of sp³-hybridized carbons (Fsp3) is 1.00. The lowest BCUT2D eigenvalue weighted by Gasteiger charge is -2.24. The second-order valence-corrected chi connectivity index (χ2v) is 8.32. The van der Waals surface area contributed by atoms with Gasteiger partial charge in [-0.1, -0.05) is 20.3 Å². The summed E-state index contributed by atoms with van der Waals surface area (Å²) in [7, 11) is -1.07. The lowest BCUT2D eigenvalue weighted by molar-refractivity contribution is 0.194. The highest BCUT2D eigenvalue weighted by Gasteiger charge is 2.33. The standard InChI is InChI=1S/C14H29NO3S/c1-12(2)4-5-13(10-15-7-8-18-3)14-6-9-19(16,17)11-14/h12-15H,4-11H2,1-3H3. The van der Waals surface area contributed by atoms with Crippen LogP contribution in [0.1, 0.15) is 33.1 Å². The molecule has 1 rings (SSSR count). The Hall–Kier alpha value is -0.130. The molecule has 1 fully saturated rings. The molecule has 1 aliphatic heterocycles. The normalized spacial score (nSPS) is 23.9. The molecule has 0 saturated carbocycles. The molecule has 1 heterocycles. The second-order valence-electron chi connectivity index (χ2n) is 6.09. The molecule has 1 N–H and O–H groups in total. The first-order valence-corrected chi connectivity index (χ1v) is 9.17. The van der Waals surface area contributed by atoms with Crippen LogP contribution in [0.4, 0.5) is 0 Å². The van der Waals surface area contributed by atoms with Crippen molar-refractivity contribution in [2.45, 2.75) is 33.1 Å². The fourth-order valence-electron chi connectivity index (χ4n) is 2.71. The largest absolute Gasteiger partial charge is 0.383 e. The van der Waals surface area contributed by atoms with Crippen LogP contribution < -0.4 is 5.32 Å². The highest BCUT2D eigenvalue weighted by molar-refractivity contribution is 7.91. The second kappa shape index (κ2) is 8.22. The smallest absolute Gasteiger partial charge is 0.150 e. The molecular weight excluding hydrogens is 262 g/mol. The van der Waals surface area contributed by atoms with E-state index in [1.54, 1.807) is 7.11 Å².